The van der Waals surface area contributed by atoms with Gasteiger partial charge in [0.2, 0.25) is 0 Å². The summed E-state index contributed by atoms with van der Waals surface area (Å²) in [6.07, 6.45) is -6.58. The quantitative estimate of drug-likeness (QED) is 0.264. The van der Waals surface area contributed by atoms with Crippen LogP contribution in [-0.4, -0.2) is 60.0 Å². The average molecular weight is 590 g/mol. The Labute approximate surface area is 240 Å². The van der Waals surface area contributed by atoms with Crippen LogP contribution in [0.1, 0.15) is 43.7 Å². The molecule has 1 aromatic heterocycles. The molecule has 0 bridgehead atoms. The number of halogens is 6. The summed E-state index contributed by atoms with van der Waals surface area (Å²) < 4.78 is 86.2. The first kappa shape index (κ1) is 30.9. The van der Waals surface area contributed by atoms with Gasteiger partial charge in [-0.1, -0.05) is 30.0 Å². The summed E-state index contributed by atoms with van der Waals surface area (Å²) in [5.74, 6) is 5.78. The highest BCUT2D eigenvalue weighted by molar-refractivity contribution is 5.95. The summed E-state index contributed by atoms with van der Waals surface area (Å²) in [6.45, 7) is 4.98. The number of piperazine rings is 1. The maximum absolute atomic E-state index is 13.6. The molecule has 3 aromatic rings. The molecule has 4 rings (SSSR count). The number of amides is 1. The molecule has 1 saturated heterocycles. The summed E-state index contributed by atoms with van der Waals surface area (Å²) in [4.78, 5) is 21.0. The SMILES string of the molecule is COc1ccncc1C#CCN1CCN(C(=O)c2cc(C(F)(F)F)cc(C(F)(F)F)c2)C(Cc2ccc(C)c(C)c2)C1. The molecule has 0 spiro atoms. The van der Waals surface area contributed by atoms with E-state index >= 15 is 0 Å². The molecule has 0 radical (unpaired) electrons. The monoisotopic (exact) mass is 589 g/mol. The number of methoxy groups -OCH3 is 1. The number of hydrogen-bond donors (Lipinski definition) is 0. The van der Waals surface area contributed by atoms with Gasteiger partial charge in [-0.15, -0.1) is 0 Å². The van der Waals surface area contributed by atoms with E-state index in [4.69, 9.17) is 4.74 Å². The van der Waals surface area contributed by atoms with E-state index < -0.39 is 41.0 Å². The lowest BCUT2D eigenvalue weighted by atomic mass is 9.97. The van der Waals surface area contributed by atoms with E-state index in [9.17, 15) is 31.1 Å². The van der Waals surface area contributed by atoms with E-state index in [-0.39, 0.29) is 12.6 Å². The Morgan fingerprint density at radius 1 is 0.976 bits per heavy atom. The van der Waals surface area contributed by atoms with E-state index in [2.05, 4.69) is 16.8 Å². The van der Waals surface area contributed by atoms with Crippen molar-refractivity contribution < 1.29 is 35.9 Å². The molecule has 11 heteroatoms. The van der Waals surface area contributed by atoms with Gasteiger partial charge >= 0.3 is 12.4 Å². The zero-order chi connectivity index (χ0) is 30.7. The molecule has 1 aliphatic heterocycles. The van der Waals surface area contributed by atoms with Crippen molar-refractivity contribution in [2.45, 2.75) is 38.7 Å². The molecule has 0 aliphatic carbocycles. The first-order valence-corrected chi connectivity index (χ1v) is 13.1. The number of benzene rings is 2. The molecule has 0 saturated carbocycles. The minimum atomic E-state index is -5.05. The highest BCUT2D eigenvalue weighted by Crippen LogP contribution is 2.37. The number of aromatic nitrogens is 1. The Morgan fingerprint density at radius 3 is 2.29 bits per heavy atom. The molecular formula is C31H29F6N3O2. The van der Waals surface area contributed by atoms with Crippen LogP contribution in [0.4, 0.5) is 26.3 Å². The van der Waals surface area contributed by atoms with E-state index in [0.29, 0.717) is 49.5 Å². The largest absolute Gasteiger partial charge is 0.495 e. The fourth-order valence-corrected chi connectivity index (χ4v) is 4.85. The van der Waals surface area contributed by atoms with Gasteiger partial charge in [-0.25, -0.2) is 0 Å². The van der Waals surface area contributed by atoms with Crippen LogP contribution in [0.3, 0.4) is 0 Å². The van der Waals surface area contributed by atoms with Crippen LogP contribution in [-0.2, 0) is 18.8 Å². The van der Waals surface area contributed by atoms with E-state index in [1.54, 1.807) is 18.5 Å². The summed E-state index contributed by atoms with van der Waals surface area (Å²) in [5, 5.41) is 0. The van der Waals surface area contributed by atoms with E-state index in [0.717, 1.165) is 16.7 Å². The Balaban J connectivity index is 1.63. The van der Waals surface area contributed by atoms with Crippen molar-refractivity contribution in [2.75, 3.05) is 33.3 Å². The van der Waals surface area contributed by atoms with Crippen molar-refractivity contribution in [1.82, 2.24) is 14.8 Å². The molecular weight excluding hydrogens is 560 g/mol. The van der Waals surface area contributed by atoms with Gasteiger partial charge in [0.1, 0.15) is 5.75 Å². The molecule has 1 aliphatic rings. The third kappa shape index (κ3) is 7.42. The van der Waals surface area contributed by atoms with Crippen LogP contribution < -0.4 is 4.74 Å². The van der Waals surface area contributed by atoms with E-state index in [1.165, 1.54) is 12.0 Å². The smallest absolute Gasteiger partial charge is 0.416 e. The number of carbonyl (C=O) groups excluding carboxylic acids is 1. The second-order valence-corrected chi connectivity index (χ2v) is 10.2. The second kappa shape index (κ2) is 12.4. The van der Waals surface area contributed by atoms with Crippen molar-refractivity contribution in [3.05, 3.63) is 93.8 Å². The van der Waals surface area contributed by atoms with Crippen molar-refractivity contribution in [3.8, 4) is 17.6 Å². The maximum Gasteiger partial charge on any atom is 0.416 e. The molecule has 0 N–H and O–H groups in total. The lowest BCUT2D eigenvalue weighted by Crippen LogP contribution is -2.56. The lowest BCUT2D eigenvalue weighted by Gasteiger charge is -2.41. The van der Waals surface area contributed by atoms with Crippen LogP contribution in [0.2, 0.25) is 0 Å². The van der Waals surface area contributed by atoms with Gasteiger partial charge in [-0.2, -0.15) is 26.3 Å². The second-order valence-electron chi connectivity index (χ2n) is 10.2. The predicted octanol–water partition coefficient (Wildman–Crippen LogP) is 6.17. The predicted molar refractivity (Wildman–Crippen MR) is 145 cm³/mol. The molecule has 2 aromatic carbocycles. The van der Waals surface area contributed by atoms with Gasteiger partial charge in [0.25, 0.3) is 5.91 Å². The van der Waals surface area contributed by atoms with Crippen LogP contribution in [0.15, 0.2) is 54.9 Å². The Hall–Kier alpha value is -4.04. The van der Waals surface area contributed by atoms with Crippen LogP contribution >= 0.6 is 0 Å². The maximum atomic E-state index is 13.6. The third-order valence-corrected chi connectivity index (χ3v) is 7.23. The number of alkyl halides is 6. The molecule has 1 unspecified atom stereocenters. The average Bonchev–Trinajstić information content (AvgIpc) is 2.94. The molecule has 42 heavy (non-hydrogen) atoms. The lowest BCUT2D eigenvalue weighted by molar-refractivity contribution is -0.143. The van der Waals surface area contributed by atoms with E-state index in [1.807, 2.05) is 36.9 Å². The van der Waals surface area contributed by atoms with Gasteiger partial charge < -0.3 is 9.64 Å². The minimum Gasteiger partial charge on any atom is -0.495 e. The third-order valence-electron chi connectivity index (χ3n) is 7.23. The van der Waals surface area contributed by atoms with Crippen molar-refractivity contribution in [3.63, 3.8) is 0 Å². The van der Waals surface area contributed by atoms with Gasteiger partial charge in [-0.3, -0.25) is 14.7 Å². The van der Waals surface area contributed by atoms with Crippen LogP contribution in [0, 0.1) is 25.7 Å². The fourth-order valence-electron chi connectivity index (χ4n) is 4.85. The van der Waals surface area contributed by atoms with Crippen molar-refractivity contribution >= 4 is 5.91 Å². The minimum absolute atomic E-state index is 0.0250. The number of carbonyl (C=O) groups is 1. The number of hydrogen-bond acceptors (Lipinski definition) is 4. The summed E-state index contributed by atoms with van der Waals surface area (Å²) >= 11 is 0. The van der Waals surface area contributed by atoms with Crippen molar-refractivity contribution in [1.29, 1.82) is 0 Å². The molecule has 5 nitrogen and oxygen atoms in total. The normalized spacial score (nSPS) is 16.1. The topological polar surface area (TPSA) is 45.7 Å². The Morgan fingerprint density at radius 2 is 1.67 bits per heavy atom. The molecule has 1 fully saturated rings. The highest BCUT2D eigenvalue weighted by Gasteiger charge is 2.39. The van der Waals surface area contributed by atoms with Gasteiger partial charge in [0.05, 0.1) is 30.3 Å². The van der Waals surface area contributed by atoms with Gasteiger partial charge in [-0.05, 0) is 61.2 Å². The highest BCUT2D eigenvalue weighted by atomic mass is 19.4. The summed E-state index contributed by atoms with van der Waals surface area (Å²) in [5.41, 5.74) is -0.0976. The molecule has 2 heterocycles. The Bertz CT molecular complexity index is 1470. The van der Waals surface area contributed by atoms with Crippen LogP contribution in [0.5, 0.6) is 5.75 Å². The van der Waals surface area contributed by atoms with Crippen molar-refractivity contribution in [2.24, 2.45) is 0 Å². The standard InChI is InChI=1S/C31H29F6N3O2/c1-20-6-7-22(13-21(20)2)14-27-19-39(10-4-5-23-18-38-9-8-28(23)42-3)11-12-40(27)29(41)24-15-25(30(32,33)34)17-26(16-24)31(35,36)37/h6-9,13,15-18,27H,10-12,14,19H2,1-3H3. The molecule has 222 valence electrons. The van der Waals surface area contributed by atoms with Crippen LogP contribution in [0.25, 0.3) is 0 Å². The number of ether oxygens (including phenoxy) is 1. The van der Waals surface area contributed by atoms with Gasteiger partial charge in [0, 0.05) is 43.6 Å². The Kier molecular flexibility index (Phi) is 9.16. The number of aryl methyl sites for hydroxylation is 2. The summed E-state index contributed by atoms with van der Waals surface area (Å²) in [7, 11) is 1.52. The molecule has 1 amide bonds. The molecule has 1 atom stereocenters. The first-order chi connectivity index (χ1) is 19.8. The zero-order valence-corrected chi connectivity index (χ0v) is 23.2. The van der Waals surface area contributed by atoms with Gasteiger partial charge in [0.15, 0.2) is 0 Å². The number of pyridine rings is 1. The summed E-state index contributed by atoms with van der Waals surface area (Å²) in [6, 6.07) is 7.98. The first-order valence-electron chi connectivity index (χ1n) is 13.1. The zero-order valence-electron chi connectivity index (χ0n) is 23.2. The number of nitrogens with zero attached hydrogens (tertiary/aromatic N) is 3. The number of rotatable bonds is 5. The fraction of sp³-hybridized carbons (Fsp3) is 0.355.